The largest absolute Gasteiger partial charge is 0.463 e. The van der Waals surface area contributed by atoms with Gasteiger partial charge in [0.05, 0.1) is 6.61 Å². The topological polar surface area (TPSA) is 305 Å². The van der Waals surface area contributed by atoms with Gasteiger partial charge in [0, 0.05) is 41.5 Å². The van der Waals surface area contributed by atoms with E-state index < -0.39 is 148 Å². The van der Waals surface area contributed by atoms with Crippen molar-refractivity contribution in [2.45, 2.75) is 134 Å². The molecule has 1 unspecified atom stereocenters. The van der Waals surface area contributed by atoms with Gasteiger partial charge in [0.1, 0.15) is 62.0 Å². The molecule has 3 heterocycles. The maximum absolute atomic E-state index is 11.9. The first-order valence-electron chi connectivity index (χ1n) is 15.9. The Kier molecular flexibility index (Phi) is 15.6. The highest BCUT2D eigenvalue weighted by Crippen LogP contribution is 2.33. The summed E-state index contributed by atoms with van der Waals surface area (Å²) in [7, 11) is 0. The average molecular weight is 757 g/mol. The molecule has 22 nitrogen and oxygen atoms in total. The van der Waals surface area contributed by atoms with Crippen LogP contribution in [0.15, 0.2) is 0 Å². The minimum atomic E-state index is -2.08. The van der Waals surface area contributed by atoms with E-state index in [2.05, 4.69) is 0 Å². The van der Waals surface area contributed by atoms with Crippen LogP contribution in [0.25, 0.3) is 0 Å². The Balaban J connectivity index is 1.76. The van der Waals surface area contributed by atoms with Gasteiger partial charge in [-0.3, -0.25) is 28.8 Å². The maximum Gasteiger partial charge on any atom is 0.303 e. The van der Waals surface area contributed by atoms with Crippen LogP contribution in [0.2, 0.25) is 0 Å². The molecule has 3 rings (SSSR count). The zero-order chi connectivity index (χ0) is 39.0. The lowest BCUT2D eigenvalue weighted by Gasteiger charge is -2.46. The predicted octanol–water partition coefficient (Wildman–Crippen LogP) is -4.15. The third-order valence-electron chi connectivity index (χ3n) is 7.72. The average Bonchev–Trinajstić information content (AvgIpc) is 3.03. The summed E-state index contributed by atoms with van der Waals surface area (Å²) < 4.78 is 58.4. The van der Waals surface area contributed by atoms with E-state index >= 15 is 0 Å². The van der Waals surface area contributed by atoms with E-state index in [0.717, 1.165) is 41.5 Å². The fraction of sp³-hybridized carbons (Fsp3) is 0.800. The number of aliphatic hydroxyl groups excluding tert-OH is 5. The monoisotopic (exact) mass is 756 g/mol. The molecular weight excluding hydrogens is 712 g/mol. The summed E-state index contributed by atoms with van der Waals surface area (Å²) in [6.45, 7) is 4.41. The Morgan fingerprint density at radius 3 is 1.27 bits per heavy atom. The van der Waals surface area contributed by atoms with Crippen LogP contribution in [0.1, 0.15) is 41.5 Å². The van der Waals surface area contributed by atoms with Crippen molar-refractivity contribution < 1.29 is 106 Å². The second kappa shape index (κ2) is 19.0. The van der Waals surface area contributed by atoms with Gasteiger partial charge in [0.2, 0.25) is 0 Å². The van der Waals surface area contributed by atoms with Crippen molar-refractivity contribution in [3.63, 3.8) is 0 Å². The molecule has 3 aliphatic heterocycles. The first-order valence-corrected chi connectivity index (χ1v) is 15.9. The number of hydrogen-bond donors (Lipinski definition) is 5. The van der Waals surface area contributed by atoms with Gasteiger partial charge >= 0.3 is 35.8 Å². The summed E-state index contributed by atoms with van der Waals surface area (Å²) >= 11 is 0. The zero-order valence-electron chi connectivity index (χ0n) is 29.0. The van der Waals surface area contributed by atoms with Crippen molar-refractivity contribution in [2.75, 3.05) is 19.8 Å². The highest BCUT2D eigenvalue weighted by atomic mass is 16.8. The molecule has 0 bridgehead atoms. The van der Waals surface area contributed by atoms with Crippen molar-refractivity contribution in [3.8, 4) is 0 Å². The quantitative estimate of drug-likeness (QED) is 0.0880. The Bertz CT molecular complexity index is 1270. The van der Waals surface area contributed by atoms with Crippen molar-refractivity contribution >= 4 is 35.8 Å². The first kappa shape index (κ1) is 42.8. The Morgan fingerprint density at radius 2 is 0.846 bits per heavy atom. The van der Waals surface area contributed by atoms with E-state index in [-0.39, 0.29) is 0 Å². The van der Waals surface area contributed by atoms with Crippen LogP contribution >= 0.6 is 0 Å². The summed E-state index contributed by atoms with van der Waals surface area (Å²) in [5.41, 5.74) is 0. The van der Waals surface area contributed by atoms with Crippen molar-refractivity contribution in [1.29, 1.82) is 0 Å². The van der Waals surface area contributed by atoms with Crippen LogP contribution in [0.4, 0.5) is 0 Å². The minimum absolute atomic E-state index is 0.534. The van der Waals surface area contributed by atoms with E-state index in [1.807, 2.05) is 0 Å². The number of aliphatic hydroxyl groups is 5. The molecule has 15 atom stereocenters. The Hall–Kier alpha value is -3.58. The molecule has 0 aromatic rings. The molecule has 0 saturated carbocycles. The molecule has 0 amide bonds. The van der Waals surface area contributed by atoms with Gasteiger partial charge < -0.3 is 77.6 Å². The summed E-state index contributed by atoms with van der Waals surface area (Å²) in [4.78, 5) is 70.2. The predicted molar refractivity (Wildman–Crippen MR) is 159 cm³/mol. The summed E-state index contributed by atoms with van der Waals surface area (Å²) in [6.07, 6.45) is -25.7. The lowest BCUT2D eigenvalue weighted by Crippen LogP contribution is -2.66. The van der Waals surface area contributed by atoms with Crippen molar-refractivity contribution in [1.82, 2.24) is 0 Å². The molecular formula is C30H44O22. The van der Waals surface area contributed by atoms with Gasteiger partial charge in [0.25, 0.3) is 0 Å². The van der Waals surface area contributed by atoms with Crippen LogP contribution in [0, 0.1) is 0 Å². The number of carbonyl (C=O) groups excluding carboxylic acids is 6. The Morgan fingerprint density at radius 1 is 0.442 bits per heavy atom. The van der Waals surface area contributed by atoms with Crippen molar-refractivity contribution in [3.05, 3.63) is 0 Å². The number of hydrogen-bond acceptors (Lipinski definition) is 22. The molecule has 0 radical (unpaired) electrons. The molecule has 0 aromatic heterocycles. The SMILES string of the molecule is CC(=O)OC[C@H]1O[C@@H](OC[C@H]2OC(O)[C@H](O[C@@H]3O[C@H](COC(C)=O)[C@@H](OC(C)=O)[C@H](OC(C)=O)[C@H]3O)[C@@H](O)[C@H]2O)[C@H](O)[C@@H](OC(C)=O)[C@@H]1OC(C)=O. The molecule has 0 aromatic carbocycles. The van der Waals surface area contributed by atoms with E-state index in [0.29, 0.717) is 0 Å². The number of esters is 6. The highest BCUT2D eigenvalue weighted by Gasteiger charge is 2.55. The van der Waals surface area contributed by atoms with Crippen molar-refractivity contribution in [2.24, 2.45) is 0 Å². The molecule has 3 fully saturated rings. The normalized spacial score (nSPS) is 37.6. The molecule has 22 heteroatoms. The van der Waals surface area contributed by atoms with Crippen LogP contribution in [-0.2, 0) is 80.9 Å². The number of ether oxygens (including phenoxy) is 11. The number of rotatable bonds is 13. The van der Waals surface area contributed by atoms with E-state index in [4.69, 9.17) is 52.1 Å². The molecule has 0 spiro atoms. The summed E-state index contributed by atoms with van der Waals surface area (Å²) in [5, 5.41) is 54.7. The lowest BCUT2D eigenvalue weighted by atomic mass is 9.96. The Labute approximate surface area is 295 Å². The third kappa shape index (κ3) is 11.5. The second-order valence-electron chi connectivity index (χ2n) is 11.9. The van der Waals surface area contributed by atoms with Crippen LogP contribution in [-0.4, -0.2) is 173 Å². The molecule has 3 aliphatic rings. The summed E-state index contributed by atoms with van der Waals surface area (Å²) in [5.74, 6) is -5.03. The van der Waals surface area contributed by atoms with Gasteiger partial charge in [-0.05, 0) is 0 Å². The third-order valence-corrected chi connectivity index (χ3v) is 7.72. The zero-order valence-corrected chi connectivity index (χ0v) is 29.0. The van der Waals surface area contributed by atoms with Gasteiger partial charge in [0.15, 0.2) is 43.3 Å². The molecule has 52 heavy (non-hydrogen) atoms. The van der Waals surface area contributed by atoms with Crippen LogP contribution < -0.4 is 0 Å². The van der Waals surface area contributed by atoms with E-state index in [1.54, 1.807) is 0 Å². The fourth-order valence-electron chi connectivity index (χ4n) is 5.58. The van der Waals surface area contributed by atoms with Crippen LogP contribution in [0.3, 0.4) is 0 Å². The molecule has 0 aliphatic carbocycles. The first-order chi connectivity index (χ1) is 24.3. The lowest BCUT2D eigenvalue weighted by molar-refractivity contribution is -0.367. The minimum Gasteiger partial charge on any atom is -0.463 e. The molecule has 3 saturated heterocycles. The van der Waals surface area contributed by atoms with E-state index in [1.165, 1.54) is 0 Å². The second-order valence-corrected chi connectivity index (χ2v) is 11.9. The maximum atomic E-state index is 11.9. The molecule has 5 N–H and O–H groups in total. The van der Waals surface area contributed by atoms with Gasteiger partial charge in [-0.1, -0.05) is 0 Å². The standard InChI is InChI=1S/C30H44O22/c1-10(31)42-8-17-23(45-12(3)33)25(47-14(5)35)21(39)29(50-17)44-7-16-19(37)20(38)27(28(41)49-16)52-30-22(40)26(48-15(6)36)24(46-13(4)34)18(51-30)9-43-11(2)32/h16-30,37-41H,7-9H2,1-6H3/t16-,17-,18-,19+,20+,21-,22-,23-,24-,25-,26-,27-,28?,29-,30+/m1/s1. The highest BCUT2D eigenvalue weighted by molar-refractivity contribution is 5.68. The van der Waals surface area contributed by atoms with Gasteiger partial charge in [-0.15, -0.1) is 0 Å². The van der Waals surface area contributed by atoms with Gasteiger partial charge in [-0.25, -0.2) is 0 Å². The summed E-state index contributed by atoms with van der Waals surface area (Å²) in [6, 6.07) is 0. The number of carbonyl (C=O) groups is 6. The van der Waals surface area contributed by atoms with E-state index in [9.17, 15) is 54.3 Å². The smallest absolute Gasteiger partial charge is 0.303 e. The van der Waals surface area contributed by atoms with Crippen LogP contribution in [0.5, 0.6) is 0 Å². The van der Waals surface area contributed by atoms with Gasteiger partial charge in [-0.2, -0.15) is 0 Å². The molecule has 296 valence electrons. The fourth-order valence-corrected chi connectivity index (χ4v) is 5.58.